The van der Waals surface area contributed by atoms with Gasteiger partial charge in [-0.1, -0.05) is 49.1 Å². The lowest BCUT2D eigenvalue weighted by molar-refractivity contribution is -0.118. The minimum Gasteiger partial charge on any atom is -0.440 e. The Bertz CT molecular complexity index is 502. The van der Waals surface area contributed by atoms with Crippen molar-refractivity contribution >= 4 is 22.4 Å². The van der Waals surface area contributed by atoms with Crippen LogP contribution in [0.3, 0.4) is 0 Å². The van der Waals surface area contributed by atoms with Gasteiger partial charge in [0.2, 0.25) is 11.8 Å². The summed E-state index contributed by atoms with van der Waals surface area (Å²) in [5, 5.41) is 0. The fraction of sp³-hybridized carbons (Fsp3) is 0.429. The molecule has 6 heteroatoms. The number of carbonyl (C=O) groups excluding carboxylic acids is 2. The van der Waals surface area contributed by atoms with Gasteiger partial charge in [-0.05, 0) is 12.3 Å². The second-order valence-electron chi connectivity index (χ2n) is 4.59. The van der Waals surface area contributed by atoms with Gasteiger partial charge in [-0.2, -0.15) is 10.6 Å². The highest BCUT2D eigenvalue weighted by molar-refractivity contribution is 7.75. The molecule has 0 aromatic heterocycles. The second kappa shape index (κ2) is 10.1. The van der Waals surface area contributed by atoms with Crippen LogP contribution in [-0.4, -0.2) is 11.8 Å². The fourth-order valence-electron chi connectivity index (χ4n) is 1.14. The molecule has 0 radical (unpaired) electrons. The molecule has 2 N–H and O–H groups in total. The normalized spacial score (nSPS) is 11.6. The molecule has 20 heavy (non-hydrogen) atoms. The fourth-order valence-corrected chi connectivity index (χ4v) is 1.91. The molecule has 0 fully saturated rings. The molecule has 1 aromatic rings. The number of primary amides is 1. The molecule has 0 aliphatic rings. The average molecular weight is 297 g/mol. The van der Waals surface area contributed by atoms with Crippen LogP contribution in [0.5, 0.6) is 0 Å². The summed E-state index contributed by atoms with van der Waals surface area (Å²) in [4.78, 5) is 21.2. The molecule has 0 saturated carbocycles. The van der Waals surface area contributed by atoms with E-state index in [0.717, 1.165) is 6.42 Å². The lowest BCUT2D eigenvalue weighted by atomic mass is 10.1. The number of hydrogen-bond donors (Lipinski definition) is 1. The van der Waals surface area contributed by atoms with Crippen molar-refractivity contribution in [3.05, 3.63) is 30.3 Å². The highest BCUT2D eigenvalue weighted by Crippen LogP contribution is 2.06. The topological polar surface area (TPSA) is 89.6 Å². The predicted octanol–water partition coefficient (Wildman–Crippen LogP) is 2.65. The molecular weight excluding hydrogens is 276 g/mol. The van der Waals surface area contributed by atoms with Crippen molar-refractivity contribution in [3.63, 3.8) is 0 Å². The van der Waals surface area contributed by atoms with Crippen molar-refractivity contribution in [2.75, 3.05) is 0 Å². The molecule has 0 saturated heterocycles. The summed E-state index contributed by atoms with van der Waals surface area (Å²) in [6, 6.07) is 8.80. The maximum atomic E-state index is 11.6. The third-order valence-corrected chi connectivity index (χ3v) is 3.11. The van der Waals surface area contributed by atoms with E-state index in [1.807, 2.05) is 19.9 Å². The van der Waals surface area contributed by atoms with E-state index >= 15 is 0 Å². The second-order valence-corrected chi connectivity index (χ2v) is 5.74. The molecule has 0 unspecified atom stereocenters. The summed E-state index contributed by atoms with van der Waals surface area (Å²) in [6.07, 6.45) is 1.16. The van der Waals surface area contributed by atoms with Crippen molar-refractivity contribution < 1.29 is 13.8 Å². The van der Waals surface area contributed by atoms with Gasteiger partial charge in [0.1, 0.15) is 0 Å². The average Bonchev–Trinajstić information content (AvgIpc) is 2.36. The molecular formula is C14H21N2O3S-. The van der Waals surface area contributed by atoms with Gasteiger partial charge in [0.05, 0.1) is 0 Å². The van der Waals surface area contributed by atoms with Crippen LogP contribution in [0.1, 0.15) is 33.6 Å². The molecule has 0 bridgehead atoms. The largest absolute Gasteiger partial charge is 0.440 e. The number of benzene rings is 1. The first-order valence-corrected chi connectivity index (χ1v) is 7.41. The molecule has 1 rings (SSSR count). The Balaban J connectivity index is 0.000000796. The van der Waals surface area contributed by atoms with Crippen molar-refractivity contribution in [3.8, 4) is 0 Å². The molecule has 0 spiro atoms. The van der Waals surface area contributed by atoms with E-state index in [-0.39, 0.29) is 11.8 Å². The van der Waals surface area contributed by atoms with Crippen molar-refractivity contribution in [2.45, 2.75) is 38.5 Å². The predicted molar refractivity (Wildman–Crippen MR) is 79.1 cm³/mol. The third kappa shape index (κ3) is 10.3. The van der Waals surface area contributed by atoms with E-state index in [0.29, 0.717) is 17.2 Å². The quantitative estimate of drug-likeness (QED) is 0.866. The van der Waals surface area contributed by atoms with E-state index in [2.05, 4.69) is 10.1 Å². The Labute approximate surface area is 121 Å². The van der Waals surface area contributed by atoms with E-state index in [1.165, 1.54) is 6.92 Å². The Morgan fingerprint density at radius 3 is 2.20 bits per heavy atom. The van der Waals surface area contributed by atoms with E-state index < -0.39 is 10.6 Å². The number of nitrogens with two attached hydrogens (primary N) is 1. The first-order valence-electron chi connectivity index (χ1n) is 6.30. The van der Waals surface area contributed by atoms with Gasteiger partial charge in [0.15, 0.2) is 0 Å². The summed E-state index contributed by atoms with van der Waals surface area (Å²) < 4.78 is 15.3. The molecule has 1 aromatic carbocycles. The van der Waals surface area contributed by atoms with Crippen LogP contribution in [0.25, 0.3) is 0 Å². The lowest BCUT2D eigenvalue weighted by Crippen LogP contribution is -2.01. The SMILES string of the molecule is CC(C)CCC(=O)N=[S-](=O)c1ccccc1.CC(N)=O. The molecule has 0 aliphatic heterocycles. The zero-order valence-corrected chi connectivity index (χ0v) is 12.9. The Hall–Kier alpha value is -1.69. The lowest BCUT2D eigenvalue weighted by Gasteiger charge is -2.05. The van der Waals surface area contributed by atoms with Gasteiger partial charge < -0.3 is 14.3 Å². The van der Waals surface area contributed by atoms with Crippen LogP contribution in [0.15, 0.2) is 39.6 Å². The summed E-state index contributed by atoms with van der Waals surface area (Å²) in [7, 11) is -1.55. The van der Waals surface area contributed by atoms with Crippen LogP contribution in [0.2, 0.25) is 0 Å². The van der Waals surface area contributed by atoms with Crippen LogP contribution in [-0.2, 0) is 24.4 Å². The number of nitrogens with zero attached hydrogens (tertiary/aromatic N) is 1. The summed E-state index contributed by atoms with van der Waals surface area (Å²) in [5.74, 6) is -0.153. The Morgan fingerprint density at radius 1 is 1.25 bits per heavy atom. The van der Waals surface area contributed by atoms with Crippen molar-refractivity contribution in [2.24, 2.45) is 16.0 Å². The van der Waals surface area contributed by atoms with Crippen molar-refractivity contribution in [1.29, 1.82) is 0 Å². The highest BCUT2D eigenvalue weighted by atomic mass is 32.2. The molecule has 0 aliphatic carbocycles. The molecule has 5 nitrogen and oxygen atoms in total. The number of amides is 2. The Kier molecular flexibility index (Phi) is 9.28. The van der Waals surface area contributed by atoms with E-state index in [1.54, 1.807) is 24.3 Å². The zero-order valence-electron chi connectivity index (χ0n) is 12.0. The summed E-state index contributed by atoms with van der Waals surface area (Å²) in [5.41, 5.74) is 4.47. The molecule has 2 amide bonds. The summed E-state index contributed by atoms with van der Waals surface area (Å²) in [6.45, 7) is 5.39. The van der Waals surface area contributed by atoms with Gasteiger partial charge in [-0.15, -0.1) is 0 Å². The maximum absolute atomic E-state index is 11.6. The Morgan fingerprint density at radius 2 is 1.75 bits per heavy atom. The van der Waals surface area contributed by atoms with E-state index in [4.69, 9.17) is 0 Å². The number of rotatable bonds is 4. The van der Waals surface area contributed by atoms with Crippen LogP contribution in [0, 0.1) is 5.92 Å². The molecule has 112 valence electrons. The first kappa shape index (κ1) is 18.3. The summed E-state index contributed by atoms with van der Waals surface area (Å²) >= 11 is 0. The molecule has 0 atom stereocenters. The maximum Gasteiger partial charge on any atom is 0.222 e. The van der Waals surface area contributed by atoms with Crippen LogP contribution < -0.4 is 5.73 Å². The smallest absolute Gasteiger partial charge is 0.222 e. The highest BCUT2D eigenvalue weighted by Gasteiger charge is 1.98. The minimum atomic E-state index is -1.55. The standard InChI is InChI=1S/C12H16NO2S.C2H5NO/c1-10(2)8-9-12(14)13-16(15)11-6-4-3-5-7-11;1-2(3)4/h3-7,10H,8-9H2,1-2H3;1H3,(H2,3,4)/q-1;. The van der Waals surface area contributed by atoms with Gasteiger partial charge in [0, 0.05) is 13.3 Å². The number of hydrogen-bond acceptors (Lipinski definition) is 4. The van der Waals surface area contributed by atoms with Crippen molar-refractivity contribution in [1.82, 2.24) is 0 Å². The zero-order chi connectivity index (χ0) is 15.5. The minimum absolute atomic E-state index is 0.282. The van der Waals surface area contributed by atoms with E-state index in [9.17, 15) is 13.8 Å². The van der Waals surface area contributed by atoms with Gasteiger partial charge >= 0.3 is 0 Å². The van der Waals surface area contributed by atoms with Crippen LogP contribution >= 0.6 is 0 Å². The number of carbonyl (C=O) groups is 2. The van der Waals surface area contributed by atoms with Crippen LogP contribution in [0.4, 0.5) is 0 Å². The monoisotopic (exact) mass is 297 g/mol. The van der Waals surface area contributed by atoms with Gasteiger partial charge in [0.25, 0.3) is 0 Å². The van der Waals surface area contributed by atoms with Gasteiger partial charge in [-0.25, -0.2) is 0 Å². The third-order valence-electron chi connectivity index (χ3n) is 2.07. The van der Waals surface area contributed by atoms with Gasteiger partial charge in [-0.3, -0.25) is 9.59 Å². The molecule has 0 heterocycles. The first-order chi connectivity index (χ1) is 9.32.